The number of hydrogen-bond acceptors (Lipinski definition) is 4. The lowest BCUT2D eigenvalue weighted by atomic mass is 9.77. The van der Waals surface area contributed by atoms with Crippen LogP contribution in [0.25, 0.3) is 10.1 Å². The lowest BCUT2D eigenvalue weighted by molar-refractivity contribution is 0.0184. The van der Waals surface area contributed by atoms with Crippen LogP contribution in [-0.4, -0.2) is 41.1 Å². The normalized spacial score (nSPS) is 26.3. The minimum Gasteiger partial charge on any atom is -0.333 e. The summed E-state index contributed by atoms with van der Waals surface area (Å²) in [5.74, 6) is 0.552. The number of amides is 2. The van der Waals surface area contributed by atoms with Crippen LogP contribution in [0.4, 0.5) is 10.5 Å². The van der Waals surface area contributed by atoms with Gasteiger partial charge in [-0.15, -0.1) is 11.3 Å². The van der Waals surface area contributed by atoms with Gasteiger partial charge in [0.2, 0.25) is 0 Å². The highest BCUT2D eigenvalue weighted by Crippen LogP contribution is 2.34. The lowest BCUT2D eigenvalue weighted by Gasteiger charge is -2.51. The van der Waals surface area contributed by atoms with Crippen molar-refractivity contribution in [2.45, 2.75) is 31.3 Å². The Labute approximate surface area is 168 Å². The Bertz CT molecular complexity index is 965. The molecule has 5 heterocycles. The molecule has 2 amide bonds. The maximum atomic E-state index is 12.8. The maximum absolute atomic E-state index is 12.8. The SMILES string of the molecule is O=C(Nc1csc2ccccc12)N[C@@H]1C2CCN(CC2)[C@@H]1Cc1cccnc1. The molecule has 0 unspecified atom stereocenters. The minimum absolute atomic E-state index is 0.0986. The third kappa shape index (κ3) is 3.38. The molecule has 28 heavy (non-hydrogen) atoms. The summed E-state index contributed by atoms with van der Waals surface area (Å²) in [6.45, 7) is 2.26. The molecule has 3 aliphatic heterocycles. The molecule has 2 atom stereocenters. The number of aromatic nitrogens is 1. The third-order valence-corrected chi connectivity index (χ3v) is 7.12. The van der Waals surface area contributed by atoms with Crippen molar-refractivity contribution >= 4 is 33.1 Å². The van der Waals surface area contributed by atoms with Crippen molar-refractivity contribution in [3.63, 3.8) is 0 Å². The molecule has 0 spiro atoms. The van der Waals surface area contributed by atoms with Gasteiger partial charge in [-0.25, -0.2) is 4.79 Å². The van der Waals surface area contributed by atoms with Gasteiger partial charge in [-0.3, -0.25) is 9.88 Å². The van der Waals surface area contributed by atoms with Gasteiger partial charge in [0.25, 0.3) is 0 Å². The van der Waals surface area contributed by atoms with Gasteiger partial charge in [0.05, 0.1) is 5.69 Å². The van der Waals surface area contributed by atoms with E-state index in [1.54, 1.807) is 11.3 Å². The largest absolute Gasteiger partial charge is 0.333 e. The van der Waals surface area contributed by atoms with Crippen LogP contribution in [0.3, 0.4) is 0 Å². The van der Waals surface area contributed by atoms with Crippen molar-refractivity contribution in [3.8, 4) is 0 Å². The van der Waals surface area contributed by atoms with Crippen LogP contribution in [0.15, 0.2) is 54.2 Å². The number of benzene rings is 1. The smallest absolute Gasteiger partial charge is 0.319 e. The van der Waals surface area contributed by atoms with Crippen LogP contribution in [-0.2, 0) is 6.42 Å². The Morgan fingerprint density at radius 3 is 2.86 bits per heavy atom. The number of carbonyl (C=O) groups excluding carboxylic acids is 1. The molecule has 3 fully saturated rings. The molecular formula is C22H24N4OS. The molecule has 0 radical (unpaired) electrons. The van der Waals surface area contributed by atoms with E-state index in [-0.39, 0.29) is 12.1 Å². The first-order valence-electron chi connectivity index (χ1n) is 9.94. The van der Waals surface area contributed by atoms with Gasteiger partial charge in [0.1, 0.15) is 0 Å². The lowest BCUT2D eigenvalue weighted by Crippen LogP contribution is -2.64. The quantitative estimate of drug-likeness (QED) is 0.702. The molecule has 1 aromatic carbocycles. The van der Waals surface area contributed by atoms with Crippen molar-refractivity contribution in [3.05, 3.63) is 59.7 Å². The van der Waals surface area contributed by atoms with Gasteiger partial charge in [-0.1, -0.05) is 24.3 Å². The van der Waals surface area contributed by atoms with Crippen molar-refractivity contribution in [2.75, 3.05) is 18.4 Å². The Balaban J connectivity index is 1.32. The van der Waals surface area contributed by atoms with E-state index in [2.05, 4.69) is 38.7 Å². The molecule has 2 N–H and O–H groups in total. The van der Waals surface area contributed by atoms with Crippen LogP contribution in [0.1, 0.15) is 18.4 Å². The summed E-state index contributed by atoms with van der Waals surface area (Å²) in [5, 5.41) is 9.52. The Morgan fingerprint density at radius 2 is 2.04 bits per heavy atom. The first-order chi connectivity index (χ1) is 13.8. The summed E-state index contributed by atoms with van der Waals surface area (Å²) in [7, 11) is 0. The van der Waals surface area contributed by atoms with E-state index in [0.29, 0.717) is 12.0 Å². The average molecular weight is 393 g/mol. The summed E-state index contributed by atoms with van der Waals surface area (Å²) in [6.07, 6.45) is 7.01. The fourth-order valence-electron chi connectivity index (χ4n) is 4.77. The summed E-state index contributed by atoms with van der Waals surface area (Å²) < 4.78 is 1.19. The number of nitrogens with zero attached hydrogens (tertiary/aromatic N) is 2. The molecular weight excluding hydrogens is 368 g/mol. The highest BCUT2D eigenvalue weighted by Gasteiger charge is 2.42. The van der Waals surface area contributed by atoms with E-state index < -0.39 is 0 Å². The zero-order valence-corrected chi connectivity index (χ0v) is 16.5. The van der Waals surface area contributed by atoms with Gasteiger partial charge >= 0.3 is 6.03 Å². The van der Waals surface area contributed by atoms with E-state index in [4.69, 9.17) is 0 Å². The molecule has 2 bridgehead atoms. The molecule has 144 valence electrons. The van der Waals surface area contributed by atoms with Gasteiger partial charge in [-0.05, 0) is 56.0 Å². The van der Waals surface area contributed by atoms with Crippen LogP contribution in [0.2, 0.25) is 0 Å². The van der Waals surface area contributed by atoms with Crippen molar-refractivity contribution < 1.29 is 4.79 Å². The van der Waals surface area contributed by atoms with Crippen molar-refractivity contribution in [2.24, 2.45) is 5.92 Å². The second-order valence-electron chi connectivity index (χ2n) is 7.78. The summed E-state index contributed by atoms with van der Waals surface area (Å²) in [6, 6.07) is 12.7. The molecule has 0 saturated carbocycles. The number of carbonyl (C=O) groups is 1. The number of nitrogens with one attached hydrogen (secondary N) is 2. The van der Waals surface area contributed by atoms with E-state index in [9.17, 15) is 4.79 Å². The number of pyridine rings is 1. The molecule has 3 saturated heterocycles. The predicted octanol–water partition coefficient (Wildman–Crippen LogP) is 4.12. The summed E-state index contributed by atoms with van der Waals surface area (Å²) in [5.41, 5.74) is 2.12. The fraction of sp³-hybridized carbons (Fsp3) is 0.364. The molecule has 6 heteroatoms. The van der Waals surface area contributed by atoms with Gasteiger partial charge in [0, 0.05) is 39.9 Å². The fourth-order valence-corrected chi connectivity index (χ4v) is 5.66. The van der Waals surface area contributed by atoms with Crippen molar-refractivity contribution in [1.29, 1.82) is 0 Å². The van der Waals surface area contributed by atoms with E-state index >= 15 is 0 Å². The second kappa shape index (κ2) is 7.53. The van der Waals surface area contributed by atoms with Crippen LogP contribution in [0, 0.1) is 5.92 Å². The summed E-state index contributed by atoms with van der Waals surface area (Å²) >= 11 is 1.66. The monoisotopic (exact) mass is 392 g/mol. The molecule has 5 nitrogen and oxygen atoms in total. The van der Waals surface area contributed by atoms with E-state index in [0.717, 1.165) is 43.4 Å². The second-order valence-corrected chi connectivity index (χ2v) is 8.69. The van der Waals surface area contributed by atoms with Crippen molar-refractivity contribution in [1.82, 2.24) is 15.2 Å². The highest BCUT2D eigenvalue weighted by atomic mass is 32.1. The van der Waals surface area contributed by atoms with E-state index in [1.807, 2.05) is 36.0 Å². The minimum atomic E-state index is -0.0986. The number of anilines is 1. The molecule has 3 aliphatic rings. The Kier molecular flexibility index (Phi) is 4.74. The standard InChI is InChI=1S/C22H24N4OS/c27-22(24-18-14-28-20-6-2-1-5-17(18)20)25-21-16-7-10-26(11-8-16)19(21)12-15-4-3-9-23-13-15/h1-6,9,13-14,16,19,21H,7-8,10-12H2,(H2,24,25,27)/t19-,21-/m1/s1. The maximum Gasteiger partial charge on any atom is 0.319 e. The third-order valence-electron chi connectivity index (χ3n) is 6.16. The Morgan fingerprint density at radius 1 is 1.18 bits per heavy atom. The number of piperidine rings is 3. The van der Waals surface area contributed by atoms with Gasteiger partial charge in [-0.2, -0.15) is 0 Å². The van der Waals surface area contributed by atoms with E-state index in [1.165, 1.54) is 10.3 Å². The zero-order valence-electron chi connectivity index (χ0n) is 15.7. The number of urea groups is 1. The molecule has 6 rings (SSSR count). The Hall–Kier alpha value is -2.44. The number of thiophene rings is 1. The number of fused-ring (bicyclic) bond motifs is 4. The molecule has 3 aromatic rings. The first-order valence-corrected chi connectivity index (χ1v) is 10.8. The van der Waals surface area contributed by atoms with Gasteiger partial charge < -0.3 is 10.6 Å². The van der Waals surface area contributed by atoms with Crippen LogP contribution >= 0.6 is 11.3 Å². The number of hydrogen-bond donors (Lipinski definition) is 2. The highest BCUT2D eigenvalue weighted by molar-refractivity contribution is 7.17. The molecule has 0 aliphatic carbocycles. The number of rotatable bonds is 4. The van der Waals surface area contributed by atoms with Crippen LogP contribution < -0.4 is 10.6 Å². The average Bonchev–Trinajstić information content (AvgIpc) is 3.14. The predicted molar refractivity (Wildman–Crippen MR) is 114 cm³/mol. The van der Waals surface area contributed by atoms with Gasteiger partial charge in [0.15, 0.2) is 0 Å². The first kappa shape index (κ1) is 17.6. The summed E-state index contributed by atoms with van der Waals surface area (Å²) in [4.78, 5) is 19.6. The molecule has 2 aromatic heterocycles. The zero-order chi connectivity index (χ0) is 18.9. The topological polar surface area (TPSA) is 57.3 Å². The van der Waals surface area contributed by atoms with Crippen LogP contribution in [0.5, 0.6) is 0 Å².